The van der Waals surface area contributed by atoms with Gasteiger partial charge >= 0.3 is 5.97 Å². The minimum atomic E-state index is -4.31. The molecule has 1 aliphatic heterocycles. The molecule has 0 N–H and O–H groups in total. The number of imide groups is 1. The van der Waals surface area contributed by atoms with Crippen LogP contribution in [0.2, 0.25) is 0 Å². The number of hydrogen-bond donors (Lipinski definition) is 0. The Balaban J connectivity index is 2.33. The average Bonchev–Trinajstić information content (AvgIpc) is 3.10. The van der Waals surface area contributed by atoms with E-state index in [9.17, 15) is 22.8 Å². The molecule has 1 saturated heterocycles. The number of nitrogens with zero attached hydrogens (tertiary/aromatic N) is 3. The summed E-state index contributed by atoms with van der Waals surface area (Å²) in [7, 11) is 0.0598. The van der Waals surface area contributed by atoms with Gasteiger partial charge in [-0.1, -0.05) is 30.0 Å². The highest BCUT2D eigenvalue weighted by Crippen LogP contribution is 2.43. The first-order valence-electron chi connectivity index (χ1n) is 9.46. The molecular weight excluding hydrogens is 454 g/mol. The summed E-state index contributed by atoms with van der Waals surface area (Å²) in [4.78, 5) is 40.2. The molecule has 9 nitrogen and oxygen atoms in total. The van der Waals surface area contributed by atoms with Crippen molar-refractivity contribution < 1.29 is 27.5 Å². The van der Waals surface area contributed by atoms with Crippen LogP contribution >= 0.6 is 11.8 Å². The lowest BCUT2D eigenvalue weighted by Crippen LogP contribution is -2.30. The van der Waals surface area contributed by atoms with Crippen LogP contribution in [-0.4, -0.2) is 58.6 Å². The predicted molar refractivity (Wildman–Crippen MR) is 119 cm³/mol. The Hall–Kier alpha value is -3.18. The Kier molecular flexibility index (Phi) is 6.99. The molecule has 0 unspecified atom stereocenters. The summed E-state index contributed by atoms with van der Waals surface area (Å²) in [5.41, 5.74) is -0.112. The van der Waals surface area contributed by atoms with Crippen molar-refractivity contribution >= 4 is 51.6 Å². The lowest BCUT2D eigenvalue weighted by Gasteiger charge is -2.21. The maximum atomic E-state index is 13.2. The molecule has 0 atom stereocenters. The average molecular weight is 476 g/mol. The van der Waals surface area contributed by atoms with E-state index in [0.717, 1.165) is 36.2 Å². The first-order valence-corrected chi connectivity index (χ1v) is 11.7. The highest BCUT2D eigenvalue weighted by molar-refractivity contribution is 8.00. The molecule has 1 fully saturated rings. The quantitative estimate of drug-likeness (QED) is 0.260. The summed E-state index contributed by atoms with van der Waals surface area (Å²) in [5.74, 6) is -1.77. The zero-order chi connectivity index (χ0) is 23.5. The van der Waals surface area contributed by atoms with E-state index in [4.69, 9.17) is 4.74 Å². The number of carbonyl (C=O) groups is 3. The SMILES string of the molecule is COC(=O)c1cc(N2C(=O)CCC2=O)c(Sc2ccccc2)c(S(=O)(=O)N=CN(C)C)c1. The molecular formula is C21H21N3O6S2. The highest BCUT2D eigenvalue weighted by atomic mass is 32.2. The number of anilines is 1. The summed E-state index contributed by atoms with van der Waals surface area (Å²) in [6, 6.07) is 11.3. The first-order chi connectivity index (χ1) is 15.1. The van der Waals surface area contributed by atoms with Crippen LogP contribution in [0.3, 0.4) is 0 Å². The van der Waals surface area contributed by atoms with E-state index in [2.05, 4.69) is 4.40 Å². The second-order valence-corrected chi connectivity index (χ2v) is 9.70. The van der Waals surface area contributed by atoms with Crippen LogP contribution in [0.5, 0.6) is 0 Å². The maximum absolute atomic E-state index is 13.2. The Morgan fingerprint density at radius 2 is 1.75 bits per heavy atom. The van der Waals surface area contributed by atoms with Crippen molar-refractivity contribution in [2.24, 2.45) is 4.40 Å². The monoisotopic (exact) mass is 475 g/mol. The van der Waals surface area contributed by atoms with Crippen molar-refractivity contribution in [1.29, 1.82) is 0 Å². The fourth-order valence-electron chi connectivity index (χ4n) is 2.95. The summed E-state index contributed by atoms with van der Waals surface area (Å²) >= 11 is 1.06. The van der Waals surface area contributed by atoms with Crippen LogP contribution in [0.1, 0.15) is 23.2 Å². The molecule has 0 bridgehead atoms. The maximum Gasteiger partial charge on any atom is 0.337 e. The second-order valence-electron chi connectivity index (χ2n) is 7.01. The summed E-state index contributed by atoms with van der Waals surface area (Å²) in [5, 5.41) is 0. The standard InChI is InChI=1S/C21H21N3O6S2/c1-23(2)13-22-32(28,29)17-12-14(21(27)30-3)11-16(24-18(25)9-10-19(24)26)20(17)31-15-7-5-4-6-8-15/h4-8,11-13H,9-10H2,1-3H3. The van der Waals surface area contributed by atoms with Gasteiger partial charge in [-0.3, -0.25) is 9.59 Å². The van der Waals surface area contributed by atoms with Gasteiger partial charge in [0.05, 0.1) is 23.3 Å². The van der Waals surface area contributed by atoms with Crippen molar-refractivity contribution in [2.75, 3.05) is 26.1 Å². The van der Waals surface area contributed by atoms with Crippen molar-refractivity contribution in [3.05, 3.63) is 48.0 Å². The van der Waals surface area contributed by atoms with Crippen LogP contribution in [0.25, 0.3) is 0 Å². The van der Waals surface area contributed by atoms with Crippen molar-refractivity contribution in [3.8, 4) is 0 Å². The Labute approximate surface area is 190 Å². The summed E-state index contributed by atoms with van der Waals surface area (Å²) < 4.78 is 34.8. The number of hydrogen-bond acceptors (Lipinski definition) is 7. The number of methoxy groups -OCH3 is 1. The van der Waals surface area contributed by atoms with E-state index >= 15 is 0 Å². The van der Waals surface area contributed by atoms with E-state index in [-0.39, 0.29) is 33.9 Å². The lowest BCUT2D eigenvalue weighted by molar-refractivity contribution is -0.121. The molecule has 0 aliphatic carbocycles. The number of esters is 1. The van der Waals surface area contributed by atoms with Gasteiger partial charge in [0.25, 0.3) is 10.0 Å². The number of benzene rings is 2. The molecule has 32 heavy (non-hydrogen) atoms. The molecule has 2 aromatic carbocycles. The van der Waals surface area contributed by atoms with Crippen molar-refractivity contribution in [2.45, 2.75) is 27.5 Å². The molecule has 11 heteroatoms. The number of sulfonamides is 1. The van der Waals surface area contributed by atoms with Gasteiger partial charge in [-0.2, -0.15) is 8.42 Å². The van der Waals surface area contributed by atoms with Gasteiger partial charge in [0.2, 0.25) is 11.8 Å². The van der Waals surface area contributed by atoms with Gasteiger partial charge < -0.3 is 9.64 Å². The lowest BCUT2D eigenvalue weighted by atomic mass is 10.2. The Morgan fingerprint density at radius 3 is 2.31 bits per heavy atom. The van der Waals surface area contributed by atoms with Crippen molar-refractivity contribution in [1.82, 2.24) is 4.90 Å². The van der Waals surface area contributed by atoms with Crippen molar-refractivity contribution in [3.63, 3.8) is 0 Å². The highest BCUT2D eigenvalue weighted by Gasteiger charge is 2.35. The first kappa shape index (κ1) is 23.5. The fraction of sp³-hybridized carbons (Fsp3) is 0.238. The van der Waals surface area contributed by atoms with E-state index in [1.807, 2.05) is 0 Å². The van der Waals surface area contributed by atoms with Crippen LogP contribution in [0.4, 0.5) is 5.69 Å². The van der Waals surface area contributed by atoms with Crippen LogP contribution in [0, 0.1) is 0 Å². The number of rotatable bonds is 7. The number of carbonyl (C=O) groups excluding carboxylic acids is 3. The molecule has 2 aromatic rings. The number of amides is 2. The third-order valence-corrected chi connectivity index (χ3v) is 6.93. The van der Waals surface area contributed by atoms with Gasteiger partial charge in [0.15, 0.2) is 0 Å². The summed E-state index contributed by atoms with van der Waals surface area (Å²) in [6.07, 6.45) is 1.11. The summed E-state index contributed by atoms with van der Waals surface area (Å²) in [6.45, 7) is 0. The number of ether oxygens (including phenoxy) is 1. The molecule has 0 radical (unpaired) electrons. The Morgan fingerprint density at radius 1 is 1.12 bits per heavy atom. The van der Waals surface area contributed by atoms with Crippen LogP contribution in [0.15, 0.2) is 61.5 Å². The minimum absolute atomic E-state index is 0.00239. The van der Waals surface area contributed by atoms with Crippen LogP contribution in [-0.2, 0) is 24.3 Å². The van der Waals surface area contributed by atoms with Gasteiger partial charge in [-0.15, -0.1) is 4.40 Å². The topological polar surface area (TPSA) is 113 Å². The molecule has 0 saturated carbocycles. The Bertz CT molecular complexity index is 1180. The normalized spacial score (nSPS) is 14.3. The predicted octanol–water partition coefficient (Wildman–Crippen LogP) is 2.56. The molecule has 3 rings (SSSR count). The third kappa shape index (κ3) is 5.00. The van der Waals surface area contributed by atoms with E-state index < -0.39 is 27.8 Å². The minimum Gasteiger partial charge on any atom is -0.465 e. The van der Waals surface area contributed by atoms with Gasteiger partial charge in [-0.25, -0.2) is 9.69 Å². The smallest absolute Gasteiger partial charge is 0.337 e. The molecule has 0 aromatic heterocycles. The molecule has 1 heterocycles. The van der Waals surface area contributed by atoms with Crippen LogP contribution < -0.4 is 4.90 Å². The molecule has 168 valence electrons. The van der Waals surface area contributed by atoms with Gasteiger partial charge in [0.1, 0.15) is 11.2 Å². The molecule has 1 aliphatic rings. The third-order valence-electron chi connectivity index (χ3n) is 4.41. The molecule has 2 amide bonds. The zero-order valence-corrected chi connectivity index (χ0v) is 19.3. The fourth-order valence-corrected chi connectivity index (χ4v) is 5.37. The largest absolute Gasteiger partial charge is 0.465 e. The van der Waals surface area contributed by atoms with Gasteiger partial charge in [-0.05, 0) is 24.3 Å². The van der Waals surface area contributed by atoms with E-state index in [0.29, 0.717) is 4.90 Å². The molecule has 0 spiro atoms. The van der Waals surface area contributed by atoms with E-state index in [1.54, 1.807) is 44.4 Å². The second kappa shape index (κ2) is 9.53. The van der Waals surface area contributed by atoms with Gasteiger partial charge in [0, 0.05) is 31.8 Å². The zero-order valence-electron chi connectivity index (χ0n) is 17.6. The van der Waals surface area contributed by atoms with E-state index in [1.165, 1.54) is 11.0 Å².